The van der Waals surface area contributed by atoms with Gasteiger partial charge < -0.3 is 13.4 Å². The predicted molar refractivity (Wildman–Crippen MR) is 225 cm³/mol. The Bertz CT molecular complexity index is 3480. The van der Waals surface area contributed by atoms with Crippen LogP contribution >= 0.6 is 0 Å². The Kier molecular flexibility index (Phi) is 6.27. The smallest absolute Gasteiger partial charge is 0.180 e. The third kappa shape index (κ3) is 4.53. The molecule has 12 rings (SSSR count). The van der Waals surface area contributed by atoms with E-state index in [2.05, 4.69) is 132 Å². The summed E-state index contributed by atoms with van der Waals surface area (Å²) in [5.74, 6) is 0.631. The van der Waals surface area contributed by atoms with Crippen LogP contribution in [-0.4, -0.2) is 14.5 Å². The van der Waals surface area contributed by atoms with Gasteiger partial charge in [-0.3, -0.25) is 0 Å². The van der Waals surface area contributed by atoms with E-state index >= 15 is 0 Å². The standard InChI is InChI=1S/C50H29N3O2/c1-3-12-30(13-4-1)50-51-46(38-20-11-19-37-36-18-9-10-21-44(36)54-48(37)38)49-47(52-50)41-28-34(23-25-45(41)55-49)33-22-24-42-39(27-33)40-26-31-14-7-8-15-32(31)29-43(40)53(42)35-16-5-2-6-17-35/h1-29H. The number of hydrogen-bond donors (Lipinski definition) is 0. The van der Waals surface area contributed by atoms with E-state index < -0.39 is 0 Å². The molecule has 0 atom stereocenters. The van der Waals surface area contributed by atoms with Crippen LogP contribution in [-0.2, 0) is 0 Å². The van der Waals surface area contributed by atoms with Gasteiger partial charge in [0, 0.05) is 43.7 Å². The zero-order valence-electron chi connectivity index (χ0n) is 29.4. The zero-order valence-corrected chi connectivity index (χ0v) is 29.4. The highest BCUT2D eigenvalue weighted by atomic mass is 16.3. The predicted octanol–water partition coefficient (Wildman–Crippen LogP) is 13.5. The van der Waals surface area contributed by atoms with Crippen LogP contribution in [0.15, 0.2) is 185 Å². The van der Waals surface area contributed by atoms with Gasteiger partial charge in [0.1, 0.15) is 28.0 Å². The first kappa shape index (κ1) is 30.0. The van der Waals surface area contributed by atoms with Gasteiger partial charge in [-0.05, 0) is 82.6 Å². The van der Waals surface area contributed by atoms with Crippen molar-refractivity contribution in [2.24, 2.45) is 0 Å². The molecule has 55 heavy (non-hydrogen) atoms. The molecule has 0 saturated heterocycles. The maximum Gasteiger partial charge on any atom is 0.180 e. The molecular formula is C50H29N3O2. The van der Waals surface area contributed by atoms with Crippen LogP contribution in [0.4, 0.5) is 0 Å². The molecule has 0 saturated carbocycles. The summed E-state index contributed by atoms with van der Waals surface area (Å²) < 4.78 is 15.6. The average molecular weight is 704 g/mol. The van der Waals surface area contributed by atoms with Crippen molar-refractivity contribution in [2.75, 3.05) is 0 Å². The molecule has 0 spiro atoms. The summed E-state index contributed by atoms with van der Waals surface area (Å²) in [6.45, 7) is 0. The third-order valence-corrected chi connectivity index (χ3v) is 11.0. The molecule has 0 radical (unpaired) electrons. The van der Waals surface area contributed by atoms with Gasteiger partial charge in [-0.1, -0.05) is 115 Å². The Labute approximate surface area is 314 Å². The number of nitrogens with zero attached hydrogens (tertiary/aromatic N) is 3. The Balaban J connectivity index is 1.09. The van der Waals surface area contributed by atoms with Crippen molar-refractivity contribution in [2.45, 2.75) is 0 Å². The maximum atomic E-state index is 6.69. The lowest BCUT2D eigenvalue weighted by Crippen LogP contribution is -1.94. The highest BCUT2D eigenvalue weighted by Crippen LogP contribution is 2.42. The summed E-state index contributed by atoms with van der Waals surface area (Å²) in [7, 11) is 0. The summed E-state index contributed by atoms with van der Waals surface area (Å²) in [4.78, 5) is 10.4. The highest BCUT2D eigenvalue weighted by Gasteiger charge is 2.22. The second-order valence-electron chi connectivity index (χ2n) is 14.2. The number of furan rings is 2. The van der Waals surface area contributed by atoms with Gasteiger partial charge in [-0.25, -0.2) is 9.97 Å². The number of fused-ring (bicyclic) bond motifs is 10. The van der Waals surface area contributed by atoms with E-state index in [0.29, 0.717) is 17.1 Å². The zero-order chi connectivity index (χ0) is 36.0. The van der Waals surface area contributed by atoms with E-state index in [-0.39, 0.29) is 0 Å². The minimum atomic E-state index is 0.631. The molecule has 0 aliphatic rings. The SMILES string of the molecule is c1ccc(-c2nc(-c3cccc4c3oc3ccccc34)c3oc4ccc(-c5ccc6c(c5)c5cc7ccccc7cc5n6-c5ccccc5)cc4c3n2)cc1. The first-order valence-electron chi connectivity index (χ1n) is 18.5. The monoisotopic (exact) mass is 703 g/mol. The molecule has 5 nitrogen and oxygen atoms in total. The second kappa shape index (κ2) is 11.5. The van der Waals surface area contributed by atoms with E-state index in [1.807, 2.05) is 48.5 Å². The molecule has 0 fully saturated rings. The lowest BCUT2D eigenvalue weighted by atomic mass is 10.00. The summed E-state index contributed by atoms with van der Waals surface area (Å²) in [5.41, 5.74) is 12.0. The molecule has 0 amide bonds. The topological polar surface area (TPSA) is 57.0 Å². The maximum absolute atomic E-state index is 6.69. The van der Waals surface area contributed by atoms with Crippen LogP contribution in [0.25, 0.3) is 116 Å². The summed E-state index contributed by atoms with van der Waals surface area (Å²) in [6, 6.07) is 61.6. The summed E-state index contributed by atoms with van der Waals surface area (Å²) in [6.07, 6.45) is 0. The van der Waals surface area contributed by atoms with Crippen LogP contribution in [0, 0.1) is 0 Å². The van der Waals surface area contributed by atoms with Gasteiger partial charge >= 0.3 is 0 Å². The fraction of sp³-hybridized carbons (Fsp3) is 0. The fourth-order valence-electron chi connectivity index (χ4n) is 8.40. The molecule has 0 aliphatic heterocycles. The Hall–Kier alpha value is -7.50. The molecule has 0 aliphatic carbocycles. The minimum absolute atomic E-state index is 0.631. The first-order valence-corrected chi connectivity index (χ1v) is 18.5. The number of aromatic nitrogens is 3. The lowest BCUT2D eigenvalue weighted by molar-refractivity contribution is 0.663. The molecule has 5 heteroatoms. The van der Waals surface area contributed by atoms with Crippen molar-refractivity contribution >= 4 is 76.6 Å². The third-order valence-electron chi connectivity index (χ3n) is 11.0. The van der Waals surface area contributed by atoms with Crippen molar-refractivity contribution in [3.63, 3.8) is 0 Å². The lowest BCUT2D eigenvalue weighted by Gasteiger charge is -2.08. The Morgan fingerprint density at radius 1 is 0.400 bits per heavy atom. The van der Waals surface area contributed by atoms with Crippen LogP contribution in [0.1, 0.15) is 0 Å². The normalized spacial score (nSPS) is 12.0. The summed E-state index contributed by atoms with van der Waals surface area (Å²) in [5, 5.41) is 7.91. The van der Waals surface area contributed by atoms with Crippen molar-refractivity contribution in [3.05, 3.63) is 176 Å². The Morgan fingerprint density at radius 3 is 1.91 bits per heavy atom. The van der Waals surface area contributed by atoms with E-state index in [1.54, 1.807) is 0 Å². The van der Waals surface area contributed by atoms with Crippen LogP contribution < -0.4 is 0 Å². The van der Waals surface area contributed by atoms with Gasteiger partial charge in [0.25, 0.3) is 0 Å². The molecule has 12 aromatic rings. The van der Waals surface area contributed by atoms with Crippen molar-refractivity contribution in [3.8, 4) is 39.5 Å². The van der Waals surface area contributed by atoms with Crippen LogP contribution in [0.5, 0.6) is 0 Å². The number of rotatable bonds is 4. The molecule has 4 aromatic heterocycles. The summed E-state index contributed by atoms with van der Waals surface area (Å²) >= 11 is 0. The van der Waals surface area contributed by atoms with Crippen molar-refractivity contribution < 1.29 is 8.83 Å². The minimum Gasteiger partial charge on any atom is -0.455 e. The molecule has 0 unspecified atom stereocenters. The molecule has 256 valence electrons. The van der Waals surface area contributed by atoms with Gasteiger partial charge in [-0.15, -0.1) is 0 Å². The van der Waals surface area contributed by atoms with Gasteiger partial charge in [0.15, 0.2) is 11.4 Å². The molecule has 0 bridgehead atoms. The molecule has 0 N–H and O–H groups in total. The fourth-order valence-corrected chi connectivity index (χ4v) is 8.40. The second-order valence-corrected chi connectivity index (χ2v) is 14.2. The first-order chi connectivity index (χ1) is 27.2. The van der Waals surface area contributed by atoms with Crippen molar-refractivity contribution in [1.29, 1.82) is 0 Å². The van der Waals surface area contributed by atoms with E-state index in [0.717, 1.165) is 66.4 Å². The van der Waals surface area contributed by atoms with Gasteiger partial charge in [0.2, 0.25) is 0 Å². The van der Waals surface area contributed by atoms with E-state index in [1.165, 1.54) is 32.6 Å². The van der Waals surface area contributed by atoms with Gasteiger partial charge in [-0.2, -0.15) is 0 Å². The number of para-hydroxylation sites is 3. The molecule has 4 heterocycles. The quantitative estimate of drug-likeness (QED) is 0.183. The van der Waals surface area contributed by atoms with Crippen molar-refractivity contribution in [1.82, 2.24) is 14.5 Å². The highest BCUT2D eigenvalue weighted by molar-refractivity contribution is 6.16. The molecule has 8 aromatic carbocycles. The van der Waals surface area contributed by atoms with E-state index in [4.69, 9.17) is 18.8 Å². The van der Waals surface area contributed by atoms with Crippen LogP contribution in [0.2, 0.25) is 0 Å². The largest absolute Gasteiger partial charge is 0.455 e. The average Bonchev–Trinajstić information content (AvgIpc) is 3.92. The van der Waals surface area contributed by atoms with Gasteiger partial charge in [0.05, 0.1) is 11.0 Å². The number of hydrogen-bond acceptors (Lipinski definition) is 4. The molecular weight excluding hydrogens is 675 g/mol. The Morgan fingerprint density at radius 2 is 1.05 bits per heavy atom. The number of benzene rings is 8. The van der Waals surface area contributed by atoms with Crippen LogP contribution in [0.3, 0.4) is 0 Å². The van der Waals surface area contributed by atoms with E-state index in [9.17, 15) is 0 Å².